The van der Waals surface area contributed by atoms with Crippen LogP contribution in [0.15, 0.2) is 0 Å². The maximum atomic E-state index is 11.3. The first kappa shape index (κ1) is 11.8. The van der Waals surface area contributed by atoms with Crippen molar-refractivity contribution in [2.75, 3.05) is 26.8 Å². The number of hydrogen-bond donors (Lipinski definition) is 2. The molecular weight excluding hydrogens is 200 g/mol. The van der Waals surface area contributed by atoms with Crippen LogP contribution >= 0.6 is 0 Å². The molecule has 1 saturated heterocycles. The Kier molecular flexibility index (Phi) is 4.36. The zero-order chi connectivity index (χ0) is 11.3. The molecule has 0 aliphatic carbocycles. The van der Waals surface area contributed by atoms with Crippen LogP contribution in [-0.4, -0.2) is 54.9 Å². The van der Waals surface area contributed by atoms with Crippen LogP contribution in [0.4, 0.5) is 4.79 Å². The molecule has 1 heterocycles. The number of rotatable bonds is 6. The number of aliphatic carboxylic acids is 1. The van der Waals surface area contributed by atoms with Crippen molar-refractivity contribution in [3.8, 4) is 0 Å². The summed E-state index contributed by atoms with van der Waals surface area (Å²) in [6.45, 7) is 1.49. The van der Waals surface area contributed by atoms with Crippen molar-refractivity contribution >= 4 is 12.0 Å². The Labute approximate surface area is 88.2 Å². The number of hydrogen-bond acceptors (Lipinski definition) is 3. The SMILES string of the molecule is COCCCC(C(=O)O)N1CCNC1=O. The van der Waals surface area contributed by atoms with Crippen molar-refractivity contribution in [1.82, 2.24) is 10.2 Å². The van der Waals surface area contributed by atoms with E-state index >= 15 is 0 Å². The molecule has 0 bridgehead atoms. The van der Waals surface area contributed by atoms with Crippen LogP contribution < -0.4 is 5.32 Å². The smallest absolute Gasteiger partial charge is 0.326 e. The highest BCUT2D eigenvalue weighted by molar-refractivity contribution is 5.83. The van der Waals surface area contributed by atoms with E-state index in [1.807, 2.05) is 0 Å². The van der Waals surface area contributed by atoms with Crippen molar-refractivity contribution in [2.45, 2.75) is 18.9 Å². The van der Waals surface area contributed by atoms with Crippen LogP contribution in [0, 0.1) is 0 Å². The molecule has 1 atom stereocenters. The molecule has 0 aromatic rings. The van der Waals surface area contributed by atoms with Crippen molar-refractivity contribution in [3.63, 3.8) is 0 Å². The van der Waals surface area contributed by atoms with Gasteiger partial charge in [0.1, 0.15) is 6.04 Å². The maximum absolute atomic E-state index is 11.3. The van der Waals surface area contributed by atoms with Gasteiger partial charge in [0.2, 0.25) is 0 Å². The number of carboxylic acids is 1. The average Bonchev–Trinajstić information content (AvgIpc) is 2.59. The first-order chi connectivity index (χ1) is 7.16. The average molecular weight is 216 g/mol. The number of nitrogens with one attached hydrogen (secondary N) is 1. The molecule has 6 heteroatoms. The fraction of sp³-hybridized carbons (Fsp3) is 0.778. The quantitative estimate of drug-likeness (QED) is 0.607. The number of carbonyl (C=O) groups excluding carboxylic acids is 1. The summed E-state index contributed by atoms with van der Waals surface area (Å²) in [7, 11) is 1.57. The lowest BCUT2D eigenvalue weighted by Crippen LogP contribution is -2.43. The highest BCUT2D eigenvalue weighted by Crippen LogP contribution is 2.10. The molecular formula is C9H16N2O4. The van der Waals surface area contributed by atoms with Crippen molar-refractivity contribution < 1.29 is 19.4 Å². The fourth-order valence-electron chi connectivity index (χ4n) is 1.62. The zero-order valence-electron chi connectivity index (χ0n) is 8.73. The van der Waals surface area contributed by atoms with Gasteiger partial charge in [-0.25, -0.2) is 9.59 Å². The van der Waals surface area contributed by atoms with Crippen LogP contribution in [0.5, 0.6) is 0 Å². The third-order valence-corrected chi connectivity index (χ3v) is 2.38. The molecule has 0 aromatic heterocycles. The van der Waals surface area contributed by atoms with Gasteiger partial charge in [-0.3, -0.25) is 0 Å². The van der Waals surface area contributed by atoms with E-state index in [2.05, 4.69) is 5.32 Å². The highest BCUT2D eigenvalue weighted by atomic mass is 16.5. The standard InChI is InChI=1S/C9H16N2O4/c1-15-6-2-3-7(8(12)13)11-5-4-10-9(11)14/h7H,2-6H2,1H3,(H,10,14)(H,12,13). The minimum absolute atomic E-state index is 0.292. The minimum Gasteiger partial charge on any atom is -0.480 e. The van der Waals surface area contributed by atoms with Gasteiger partial charge in [-0.2, -0.15) is 0 Å². The second-order valence-corrected chi connectivity index (χ2v) is 3.41. The molecule has 86 valence electrons. The molecule has 6 nitrogen and oxygen atoms in total. The van der Waals surface area contributed by atoms with Crippen LogP contribution in [0.3, 0.4) is 0 Å². The Morgan fingerprint density at radius 3 is 2.93 bits per heavy atom. The summed E-state index contributed by atoms with van der Waals surface area (Å²) in [6, 6.07) is -1.03. The predicted molar refractivity (Wildman–Crippen MR) is 52.6 cm³/mol. The largest absolute Gasteiger partial charge is 0.480 e. The van der Waals surface area contributed by atoms with Gasteiger partial charge in [0.05, 0.1) is 0 Å². The van der Waals surface area contributed by atoms with Crippen molar-refractivity contribution in [3.05, 3.63) is 0 Å². The number of carboxylic acid groups (broad SMARTS) is 1. The minimum atomic E-state index is -0.955. The summed E-state index contributed by atoms with van der Waals surface area (Å²) in [5.41, 5.74) is 0. The normalized spacial score (nSPS) is 17.7. The second kappa shape index (κ2) is 5.55. The van der Waals surface area contributed by atoms with E-state index in [-0.39, 0.29) is 6.03 Å². The maximum Gasteiger partial charge on any atom is 0.326 e. The van der Waals surface area contributed by atoms with Crippen molar-refractivity contribution in [1.29, 1.82) is 0 Å². The lowest BCUT2D eigenvalue weighted by molar-refractivity contribution is -0.142. The number of amides is 2. The van der Waals surface area contributed by atoms with Crippen LogP contribution in [0.1, 0.15) is 12.8 Å². The molecule has 0 saturated carbocycles. The molecule has 15 heavy (non-hydrogen) atoms. The van der Waals surface area contributed by atoms with Crippen LogP contribution in [0.2, 0.25) is 0 Å². The first-order valence-corrected chi connectivity index (χ1v) is 4.93. The van der Waals surface area contributed by atoms with Gasteiger partial charge in [-0.15, -0.1) is 0 Å². The number of nitrogens with zero attached hydrogens (tertiary/aromatic N) is 1. The summed E-state index contributed by atoms with van der Waals surface area (Å²) < 4.78 is 4.85. The molecule has 2 amide bonds. The summed E-state index contributed by atoms with van der Waals surface area (Å²) in [5.74, 6) is -0.955. The van der Waals surface area contributed by atoms with E-state index < -0.39 is 12.0 Å². The van der Waals surface area contributed by atoms with E-state index in [1.54, 1.807) is 7.11 Å². The molecule has 0 spiro atoms. The van der Waals surface area contributed by atoms with Crippen molar-refractivity contribution in [2.24, 2.45) is 0 Å². The van der Waals surface area contributed by atoms with Crippen LogP contribution in [-0.2, 0) is 9.53 Å². The highest BCUT2D eigenvalue weighted by Gasteiger charge is 2.32. The number of carbonyl (C=O) groups is 2. The van der Waals surface area contributed by atoms with Gasteiger partial charge < -0.3 is 20.1 Å². The summed E-state index contributed by atoms with van der Waals surface area (Å²) in [6.07, 6.45) is 1.06. The third kappa shape index (κ3) is 3.09. The predicted octanol–water partition coefficient (Wildman–Crippen LogP) is -0.109. The van der Waals surface area contributed by atoms with Gasteiger partial charge in [0.25, 0.3) is 0 Å². The number of urea groups is 1. The Morgan fingerprint density at radius 1 is 1.73 bits per heavy atom. The van der Waals surface area contributed by atoms with Gasteiger partial charge in [-0.05, 0) is 12.8 Å². The third-order valence-electron chi connectivity index (χ3n) is 2.38. The van der Waals surface area contributed by atoms with E-state index in [0.29, 0.717) is 32.5 Å². The summed E-state index contributed by atoms with van der Waals surface area (Å²) in [5, 5.41) is 11.6. The molecule has 1 aliphatic heterocycles. The van der Waals surface area contributed by atoms with E-state index in [1.165, 1.54) is 4.90 Å². The molecule has 0 aromatic carbocycles. The second-order valence-electron chi connectivity index (χ2n) is 3.41. The van der Waals surface area contributed by atoms with Gasteiger partial charge in [0.15, 0.2) is 0 Å². The number of ether oxygens (including phenoxy) is 1. The van der Waals surface area contributed by atoms with E-state index in [9.17, 15) is 9.59 Å². The Bertz CT molecular complexity index is 244. The van der Waals surface area contributed by atoms with E-state index in [0.717, 1.165) is 0 Å². The van der Waals surface area contributed by atoms with Gasteiger partial charge in [-0.1, -0.05) is 0 Å². The molecule has 1 fully saturated rings. The van der Waals surface area contributed by atoms with E-state index in [4.69, 9.17) is 9.84 Å². The Hall–Kier alpha value is -1.30. The first-order valence-electron chi connectivity index (χ1n) is 4.93. The topological polar surface area (TPSA) is 78.9 Å². The lowest BCUT2D eigenvalue weighted by Gasteiger charge is -2.22. The lowest BCUT2D eigenvalue weighted by atomic mass is 10.1. The number of methoxy groups -OCH3 is 1. The Morgan fingerprint density at radius 2 is 2.47 bits per heavy atom. The summed E-state index contributed by atoms with van der Waals surface area (Å²) >= 11 is 0. The summed E-state index contributed by atoms with van der Waals surface area (Å²) in [4.78, 5) is 23.6. The fourth-order valence-corrected chi connectivity index (χ4v) is 1.62. The van der Waals surface area contributed by atoms with Gasteiger partial charge >= 0.3 is 12.0 Å². The van der Waals surface area contributed by atoms with Gasteiger partial charge in [0, 0.05) is 26.8 Å². The molecule has 1 aliphatic rings. The molecule has 1 unspecified atom stereocenters. The Balaban J connectivity index is 2.49. The zero-order valence-corrected chi connectivity index (χ0v) is 8.73. The molecule has 2 N–H and O–H groups in total. The molecule has 0 radical (unpaired) electrons. The monoisotopic (exact) mass is 216 g/mol. The van der Waals surface area contributed by atoms with Crippen LogP contribution in [0.25, 0.3) is 0 Å². The molecule has 1 rings (SSSR count).